The van der Waals surface area contributed by atoms with E-state index in [9.17, 15) is 13.2 Å². The number of hydrogen-bond donors (Lipinski definition) is 1. The summed E-state index contributed by atoms with van der Waals surface area (Å²) in [5, 5.41) is 0. The Labute approximate surface area is 177 Å². The third-order valence-electron chi connectivity index (χ3n) is 4.50. The molecule has 0 aliphatic carbocycles. The largest absolute Gasteiger partial charge is 0.492 e. The summed E-state index contributed by atoms with van der Waals surface area (Å²) >= 11 is 0. The minimum Gasteiger partial charge on any atom is -0.492 e. The van der Waals surface area contributed by atoms with Crippen LogP contribution in [0.4, 0.5) is 5.69 Å². The van der Waals surface area contributed by atoms with Crippen LogP contribution in [0, 0.1) is 6.92 Å². The van der Waals surface area contributed by atoms with Crippen molar-refractivity contribution in [3.63, 3.8) is 0 Å². The van der Waals surface area contributed by atoms with Crippen LogP contribution in [-0.2, 0) is 10.0 Å². The molecule has 1 amide bonds. The number of para-hydroxylation sites is 1. The number of nitrogens with zero attached hydrogens (tertiary/aromatic N) is 1. The molecule has 0 aliphatic heterocycles. The number of hydrogen-bond acceptors (Lipinski definition) is 4. The Bertz CT molecular complexity index is 1080. The number of benzene rings is 3. The van der Waals surface area contributed by atoms with E-state index in [1.165, 1.54) is 24.3 Å². The second-order valence-corrected chi connectivity index (χ2v) is 8.57. The lowest BCUT2D eigenvalue weighted by molar-refractivity contribution is 0.0773. The molecule has 30 heavy (non-hydrogen) atoms. The lowest BCUT2D eigenvalue weighted by Crippen LogP contribution is -2.30. The summed E-state index contributed by atoms with van der Waals surface area (Å²) in [4.78, 5) is 14.2. The Balaban J connectivity index is 1.57. The molecule has 0 saturated carbocycles. The number of rotatable bonds is 8. The van der Waals surface area contributed by atoms with Crippen molar-refractivity contribution in [2.45, 2.75) is 11.8 Å². The predicted molar refractivity (Wildman–Crippen MR) is 117 cm³/mol. The van der Waals surface area contributed by atoms with Crippen LogP contribution >= 0.6 is 0 Å². The topological polar surface area (TPSA) is 75.7 Å². The first-order chi connectivity index (χ1) is 14.3. The van der Waals surface area contributed by atoms with Gasteiger partial charge >= 0.3 is 0 Å². The lowest BCUT2D eigenvalue weighted by atomic mass is 10.2. The maximum Gasteiger partial charge on any atom is 0.261 e. The van der Waals surface area contributed by atoms with Gasteiger partial charge < -0.3 is 9.64 Å². The Morgan fingerprint density at radius 1 is 0.933 bits per heavy atom. The van der Waals surface area contributed by atoms with Crippen molar-refractivity contribution in [2.75, 3.05) is 24.9 Å². The molecule has 0 radical (unpaired) electrons. The average molecular weight is 425 g/mol. The van der Waals surface area contributed by atoms with Crippen LogP contribution in [0.1, 0.15) is 15.9 Å². The number of ether oxygens (including phenoxy) is 1. The van der Waals surface area contributed by atoms with Crippen LogP contribution in [0.2, 0.25) is 0 Å². The second kappa shape index (κ2) is 9.45. The van der Waals surface area contributed by atoms with Crippen LogP contribution in [0.25, 0.3) is 0 Å². The van der Waals surface area contributed by atoms with Gasteiger partial charge in [0.1, 0.15) is 12.4 Å². The van der Waals surface area contributed by atoms with Gasteiger partial charge in [-0.2, -0.15) is 0 Å². The third-order valence-corrected chi connectivity index (χ3v) is 5.90. The van der Waals surface area contributed by atoms with Crippen molar-refractivity contribution in [3.8, 4) is 5.75 Å². The molecule has 0 saturated heterocycles. The number of sulfonamides is 1. The van der Waals surface area contributed by atoms with E-state index in [2.05, 4.69) is 4.72 Å². The standard InChI is InChI=1S/C23H24N2O4S/c1-18-8-12-21(13-9-18)29-17-16-25(2)23(26)19-10-14-22(15-11-19)30(27,28)24-20-6-4-3-5-7-20/h3-15,24H,16-17H2,1-2H3. The van der Waals surface area contributed by atoms with Gasteiger partial charge in [-0.15, -0.1) is 0 Å². The molecule has 3 aromatic rings. The SMILES string of the molecule is Cc1ccc(OCCN(C)C(=O)c2ccc(S(=O)(=O)Nc3ccccc3)cc2)cc1. The zero-order chi connectivity index (χ0) is 21.6. The van der Waals surface area contributed by atoms with Gasteiger partial charge in [0.2, 0.25) is 0 Å². The maximum atomic E-state index is 12.6. The van der Waals surface area contributed by atoms with Crippen LogP contribution in [0.3, 0.4) is 0 Å². The van der Waals surface area contributed by atoms with Crippen LogP contribution in [0.15, 0.2) is 83.8 Å². The molecule has 0 heterocycles. The number of nitrogens with one attached hydrogen (secondary N) is 1. The fourth-order valence-electron chi connectivity index (χ4n) is 2.75. The van der Waals surface area contributed by atoms with Gasteiger partial charge in [-0.3, -0.25) is 9.52 Å². The van der Waals surface area contributed by atoms with Crippen LogP contribution in [0.5, 0.6) is 5.75 Å². The van der Waals surface area contributed by atoms with E-state index in [0.29, 0.717) is 24.4 Å². The quantitative estimate of drug-likeness (QED) is 0.594. The fraction of sp³-hybridized carbons (Fsp3) is 0.174. The van der Waals surface area contributed by atoms with Crippen LogP contribution < -0.4 is 9.46 Å². The highest BCUT2D eigenvalue weighted by molar-refractivity contribution is 7.92. The normalized spacial score (nSPS) is 11.0. The maximum absolute atomic E-state index is 12.6. The van der Waals surface area contributed by atoms with E-state index in [-0.39, 0.29) is 10.8 Å². The van der Waals surface area contributed by atoms with Gasteiger partial charge in [-0.1, -0.05) is 35.9 Å². The van der Waals surface area contributed by atoms with Crippen molar-refractivity contribution in [1.82, 2.24) is 4.90 Å². The summed E-state index contributed by atoms with van der Waals surface area (Å²) in [6, 6.07) is 22.2. The zero-order valence-electron chi connectivity index (χ0n) is 16.9. The third kappa shape index (κ3) is 5.61. The van der Waals surface area contributed by atoms with Crippen molar-refractivity contribution in [2.24, 2.45) is 0 Å². The molecule has 0 unspecified atom stereocenters. The smallest absolute Gasteiger partial charge is 0.261 e. The summed E-state index contributed by atoms with van der Waals surface area (Å²) in [5.74, 6) is 0.546. The van der Waals surface area contributed by atoms with Gasteiger partial charge in [0, 0.05) is 18.3 Å². The molecule has 3 aromatic carbocycles. The molecule has 0 spiro atoms. The summed E-state index contributed by atoms with van der Waals surface area (Å²) in [5.41, 5.74) is 2.04. The van der Waals surface area contributed by atoms with Gasteiger partial charge in [-0.05, 0) is 55.5 Å². The molecule has 3 rings (SSSR count). The Kier molecular flexibility index (Phi) is 6.74. The Hall–Kier alpha value is -3.32. The molecule has 7 heteroatoms. The van der Waals surface area contributed by atoms with Gasteiger partial charge in [0.25, 0.3) is 15.9 Å². The first kappa shape index (κ1) is 21.4. The van der Waals surface area contributed by atoms with E-state index < -0.39 is 10.0 Å². The molecule has 0 aromatic heterocycles. The molecule has 0 atom stereocenters. The van der Waals surface area contributed by atoms with Crippen molar-refractivity contribution < 1.29 is 17.9 Å². The average Bonchev–Trinajstić information content (AvgIpc) is 2.75. The Morgan fingerprint density at radius 3 is 2.20 bits per heavy atom. The zero-order valence-corrected chi connectivity index (χ0v) is 17.7. The van der Waals surface area contributed by atoms with E-state index in [1.54, 1.807) is 42.3 Å². The van der Waals surface area contributed by atoms with Crippen LogP contribution in [-0.4, -0.2) is 39.4 Å². The summed E-state index contributed by atoms with van der Waals surface area (Å²) in [7, 11) is -2.04. The molecular weight excluding hydrogens is 400 g/mol. The molecule has 1 N–H and O–H groups in total. The Morgan fingerprint density at radius 2 is 1.57 bits per heavy atom. The van der Waals surface area contributed by atoms with Crippen molar-refractivity contribution in [1.29, 1.82) is 0 Å². The van der Waals surface area contributed by atoms with E-state index >= 15 is 0 Å². The van der Waals surface area contributed by atoms with Gasteiger partial charge in [-0.25, -0.2) is 8.42 Å². The number of carbonyl (C=O) groups is 1. The van der Waals surface area contributed by atoms with Crippen molar-refractivity contribution >= 4 is 21.6 Å². The number of amides is 1. The van der Waals surface area contributed by atoms with Gasteiger partial charge in [0.15, 0.2) is 0 Å². The molecule has 156 valence electrons. The van der Waals surface area contributed by atoms with E-state index in [0.717, 1.165) is 11.3 Å². The first-order valence-electron chi connectivity index (χ1n) is 9.48. The van der Waals surface area contributed by atoms with Gasteiger partial charge in [0.05, 0.1) is 11.4 Å². The molecule has 0 fully saturated rings. The molecule has 0 aliphatic rings. The minimum absolute atomic E-state index is 0.0910. The first-order valence-corrected chi connectivity index (χ1v) is 11.0. The minimum atomic E-state index is -3.72. The summed E-state index contributed by atoms with van der Waals surface area (Å²) in [6.07, 6.45) is 0. The lowest BCUT2D eigenvalue weighted by Gasteiger charge is -2.18. The monoisotopic (exact) mass is 424 g/mol. The highest BCUT2D eigenvalue weighted by Crippen LogP contribution is 2.17. The second-order valence-electron chi connectivity index (χ2n) is 6.88. The number of anilines is 1. The summed E-state index contributed by atoms with van der Waals surface area (Å²) < 4.78 is 33.2. The van der Waals surface area contributed by atoms with E-state index in [1.807, 2.05) is 31.2 Å². The molecular formula is C23H24N2O4S. The number of carbonyl (C=O) groups excluding carboxylic acids is 1. The number of aryl methyl sites for hydroxylation is 1. The van der Waals surface area contributed by atoms with E-state index in [4.69, 9.17) is 4.74 Å². The highest BCUT2D eigenvalue weighted by atomic mass is 32.2. The fourth-order valence-corrected chi connectivity index (χ4v) is 3.81. The van der Waals surface area contributed by atoms with Crippen molar-refractivity contribution in [3.05, 3.63) is 90.0 Å². The number of likely N-dealkylation sites (N-methyl/N-ethyl adjacent to an activating group) is 1. The highest BCUT2D eigenvalue weighted by Gasteiger charge is 2.16. The molecule has 6 nitrogen and oxygen atoms in total. The predicted octanol–water partition coefficient (Wildman–Crippen LogP) is 3.95. The summed E-state index contributed by atoms with van der Waals surface area (Å²) in [6.45, 7) is 2.77. The molecule has 0 bridgehead atoms.